The predicted octanol–water partition coefficient (Wildman–Crippen LogP) is 3.58. The van der Waals surface area contributed by atoms with Crippen LogP contribution in [0.5, 0.6) is 0 Å². The molecule has 0 aliphatic heterocycles. The van der Waals surface area contributed by atoms with Gasteiger partial charge < -0.3 is 5.32 Å². The Morgan fingerprint density at radius 1 is 1.23 bits per heavy atom. The van der Waals surface area contributed by atoms with E-state index >= 15 is 0 Å². The van der Waals surface area contributed by atoms with Crippen LogP contribution in [-0.2, 0) is 0 Å². The normalized spacial score (nSPS) is 9.38. The van der Waals surface area contributed by atoms with Gasteiger partial charge in [0.25, 0.3) is 0 Å². The van der Waals surface area contributed by atoms with E-state index in [9.17, 15) is 0 Å². The Morgan fingerprint density at radius 2 is 1.77 bits per heavy atom. The van der Waals surface area contributed by atoms with Crippen LogP contribution in [-0.4, -0.2) is 6.54 Å². The molecule has 0 fully saturated rings. The maximum atomic E-state index is 8.34. The van der Waals surface area contributed by atoms with Gasteiger partial charge in [0, 0.05) is 5.02 Å². The average molecular weight is 236 g/mol. The summed E-state index contributed by atoms with van der Waals surface area (Å²) in [5, 5.41) is 12.4. The quantitative estimate of drug-likeness (QED) is 0.795. The summed E-state index contributed by atoms with van der Waals surface area (Å²) in [5.74, 6) is 0. The van der Waals surface area contributed by atoms with Crippen molar-refractivity contribution < 1.29 is 0 Å². The monoisotopic (exact) mass is 234 g/mol. The molecule has 0 amide bonds. The molecule has 0 bridgehead atoms. The van der Waals surface area contributed by atoms with Gasteiger partial charge in [0.05, 0.1) is 21.8 Å². The topological polar surface area (TPSA) is 35.8 Å². The summed E-state index contributed by atoms with van der Waals surface area (Å²) in [4.78, 5) is 0. The fourth-order valence-corrected chi connectivity index (χ4v) is 1.79. The fourth-order valence-electron chi connectivity index (χ4n) is 0.839. The summed E-state index contributed by atoms with van der Waals surface area (Å²) in [6.07, 6.45) is 0. The lowest BCUT2D eigenvalue weighted by molar-refractivity contribution is 1.32. The molecule has 0 aromatic heterocycles. The summed E-state index contributed by atoms with van der Waals surface area (Å²) in [6, 6.07) is 5.05. The molecule has 2 nitrogen and oxygen atoms in total. The van der Waals surface area contributed by atoms with Gasteiger partial charge in [-0.3, -0.25) is 0 Å². The van der Waals surface area contributed by atoms with E-state index in [2.05, 4.69) is 5.32 Å². The van der Waals surface area contributed by atoms with Crippen molar-refractivity contribution in [3.05, 3.63) is 27.2 Å². The molecule has 1 aromatic rings. The molecule has 1 N–H and O–H groups in total. The Bertz CT molecular complexity index is 334. The Labute approximate surface area is 91.0 Å². The first-order valence-electron chi connectivity index (χ1n) is 3.40. The van der Waals surface area contributed by atoms with Crippen LogP contribution >= 0.6 is 34.8 Å². The van der Waals surface area contributed by atoms with E-state index in [0.29, 0.717) is 20.8 Å². The third-order valence-electron chi connectivity index (χ3n) is 1.35. The predicted molar refractivity (Wildman–Crippen MR) is 55.6 cm³/mol. The van der Waals surface area contributed by atoms with Gasteiger partial charge in [-0.1, -0.05) is 34.8 Å². The van der Waals surface area contributed by atoms with Crippen molar-refractivity contribution in [3.63, 3.8) is 0 Å². The van der Waals surface area contributed by atoms with Gasteiger partial charge in [-0.05, 0) is 12.1 Å². The van der Waals surface area contributed by atoms with E-state index < -0.39 is 0 Å². The first-order chi connectivity index (χ1) is 6.15. The highest BCUT2D eigenvalue weighted by Crippen LogP contribution is 2.33. The number of nitrogens with zero attached hydrogens (tertiary/aromatic N) is 1. The SMILES string of the molecule is N#CCNc1c(Cl)cc(Cl)cc1Cl. The number of nitrogens with one attached hydrogen (secondary N) is 1. The van der Waals surface area contributed by atoms with E-state index in [0.717, 1.165) is 0 Å². The minimum absolute atomic E-state index is 0.154. The number of anilines is 1. The van der Waals surface area contributed by atoms with Crippen molar-refractivity contribution in [1.82, 2.24) is 0 Å². The zero-order valence-electron chi connectivity index (χ0n) is 6.44. The largest absolute Gasteiger partial charge is 0.370 e. The summed E-state index contributed by atoms with van der Waals surface area (Å²) in [7, 11) is 0. The molecule has 0 saturated carbocycles. The van der Waals surface area contributed by atoms with Crippen molar-refractivity contribution >= 4 is 40.5 Å². The number of rotatable bonds is 2. The Kier molecular flexibility index (Phi) is 3.68. The lowest BCUT2D eigenvalue weighted by Crippen LogP contribution is -1.99. The standard InChI is InChI=1S/C8H5Cl3N2/c9-5-3-6(10)8(7(11)4-5)13-2-1-12/h3-4,13H,2H2. The molecule has 1 aromatic carbocycles. The molecular weight excluding hydrogens is 230 g/mol. The first kappa shape index (κ1) is 10.5. The fraction of sp³-hybridized carbons (Fsp3) is 0.125. The van der Waals surface area contributed by atoms with Gasteiger partial charge in [0.2, 0.25) is 0 Å². The minimum Gasteiger partial charge on any atom is -0.370 e. The molecule has 1 rings (SSSR count). The van der Waals surface area contributed by atoms with Crippen LogP contribution in [0.3, 0.4) is 0 Å². The van der Waals surface area contributed by atoms with Gasteiger partial charge in [-0.2, -0.15) is 5.26 Å². The van der Waals surface area contributed by atoms with E-state index in [-0.39, 0.29) is 6.54 Å². The highest BCUT2D eigenvalue weighted by atomic mass is 35.5. The molecular formula is C8H5Cl3N2. The van der Waals surface area contributed by atoms with Crippen molar-refractivity contribution in [3.8, 4) is 6.07 Å². The maximum Gasteiger partial charge on any atom is 0.103 e. The van der Waals surface area contributed by atoms with E-state index in [1.54, 1.807) is 12.1 Å². The summed E-state index contributed by atoms with van der Waals surface area (Å²) in [6.45, 7) is 0.154. The molecule has 5 heteroatoms. The summed E-state index contributed by atoms with van der Waals surface area (Å²) >= 11 is 17.4. The van der Waals surface area contributed by atoms with E-state index in [4.69, 9.17) is 40.1 Å². The molecule has 68 valence electrons. The molecule has 0 unspecified atom stereocenters. The zero-order chi connectivity index (χ0) is 9.84. The van der Waals surface area contributed by atoms with Crippen molar-refractivity contribution in [2.75, 3.05) is 11.9 Å². The number of halogens is 3. The molecule has 0 atom stereocenters. The third kappa shape index (κ3) is 2.67. The van der Waals surface area contributed by atoms with Crippen LogP contribution in [0.25, 0.3) is 0 Å². The highest BCUT2D eigenvalue weighted by Gasteiger charge is 2.06. The lowest BCUT2D eigenvalue weighted by atomic mass is 10.3. The second-order valence-corrected chi connectivity index (χ2v) is 3.51. The maximum absolute atomic E-state index is 8.34. The second kappa shape index (κ2) is 4.57. The minimum atomic E-state index is 0.154. The van der Waals surface area contributed by atoms with Gasteiger partial charge in [0.1, 0.15) is 6.54 Å². The van der Waals surface area contributed by atoms with Gasteiger partial charge >= 0.3 is 0 Å². The zero-order valence-corrected chi connectivity index (χ0v) is 8.71. The number of benzene rings is 1. The summed E-state index contributed by atoms with van der Waals surface area (Å²) in [5.41, 5.74) is 0.536. The number of hydrogen-bond donors (Lipinski definition) is 1. The molecule has 0 aliphatic carbocycles. The van der Waals surface area contributed by atoms with Crippen LogP contribution in [0.2, 0.25) is 15.1 Å². The molecule has 0 saturated heterocycles. The highest BCUT2D eigenvalue weighted by molar-refractivity contribution is 6.41. The summed E-state index contributed by atoms with van der Waals surface area (Å²) < 4.78 is 0. The van der Waals surface area contributed by atoms with Crippen molar-refractivity contribution in [1.29, 1.82) is 5.26 Å². The molecule has 0 radical (unpaired) electrons. The van der Waals surface area contributed by atoms with Crippen LogP contribution in [0.15, 0.2) is 12.1 Å². The number of nitriles is 1. The average Bonchev–Trinajstić information content (AvgIpc) is 2.02. The molecule has 13 heavy (non-hydrogen) atoms. The van der Waals surface area contributed by atoms with Crippen molar-refractivity contribution in [2.24, 2.45) is 0 Å². The molecule has 0 aliphatic rings. The van der Waals surface area contributed by atoms with Crippen LogP contribution < -0.4 is 5.32 Å². The van der Waals surface area contributed by atoms with Gasteiger partial charge in [-0.25, -0.2) is 0 Å². The second-order valence-electron chi connectivity index (χ2n) is 2.26. The molecule has 0 spiro atoms. The Hall–Kier alpha value is -0.620. The molecule has 0 heterocycles. The number of hydrogen-bond acceptors (Lipinski definition) is 2. The smallest absolute Gasteiger partial charge is 0.103 e. The van der Waals surface area contributed by atoms with E-state index in [1.165, 1.54) is 0 Å². The van der Waals surface area contributed by atoms with Crippen LogP contribution in [0, 0.1) is 11.3 Å². The Morgan fingerprint density at radius 3 is 2.23 bits per heavy atom. The van der Waals surface area contributed by atoms with Crippen molar-refractivity contribution in [2.45, 2.75) is 0 Å². The third-order valence-corrected chi connectivity index (χ3v) is 2.17. The first-order valence-corrected chi connectivity index (χ1v) is 4.54. The Balaban J connectivity index is 3.00. The van der Waals surface area contributed by atoms with Gasteiger partial charge in [0.15, 0.2) is 0 Å². The van der Waals surface area contributed by atoms with Crippen LogP contribution in [0.1, 0.15) is 0 Å². The lowest BCUT2D eigenvalue weighted by Gasteiger charge is -2.07. The van der Waals surface area contributed by atoms with Crippen LogP contribution in [0.4, 0.5) is 5.69 Å². The van der Waals surface area contributed by atoms with Gasteiger partial charge in [-0.15, -0.1) is 0 Å². The van der Waals surface area contributed by atoms with E-state index in [1.807, 2.05) is 6.07 Å².